The zero-order chi connectivity index (χ0) is 47.2. The second kappa shape index (κ2) is 15.1. The highest BCUT2D eigenvalue weighted by Crippen LogP contribution is 2.47. The Kier molecular flexibility index (Phi) is 9.60. The zero-order valence-corrected chi connectivity index (χ0v) is 34.6. The van der Waals surface area contributed by atoms with Crippen LogP contribution in [0.4, 0.5) is 65.9 Å². The van der Waals surface area contributed by atoms with Crippen molar-refractivity contribution >= 4 is 76.8 Å². The fraction of sp³-hybridized carbons (Fsp3) is 0.0222. The number of benzene rings is 3. The monoisotopic (exact) mass is 990 g/mol. The minimum Gasteiger partial charge on any atom is -0.357 e. The van der Waals surface area contributed by atoms with Crippen molar-refractivity contribution in [2.75, 3.05) is 0 Å². The first-order valence-electron chi connectivity index (χ1n) is 18.9. The Bertz CT molecular complexity index is 3490. The van der Waals surface area contributed by atoms with Crippen molar-refractivity contribution in [1.82, 2.24) is 9.97 Å². The topological polar surface area (TPSA) is 56.3 Å². The molecule has 67 heavy (non-hydrogen) atoms. The maximum absolute atomic E-state index is 16.0. The van der Waals surface area contributed by atoms with Crippen LogP contribution in [0.5, 0.6) is 0 Å². The summed E-state index contributed by atoms with van der Waals surface area (Å²) in [6, 6.07) is 3.63. The van der Waals surface area contributed by atoms with Crippen molar-refractivity contribution in [1.29, 1.82) is 0 Å². The van der Waals surface area contributed by atoms with Crippen LogP contribution in [-0.2, 0) is 0 Å². The van der Waals surface area contributed by atoms with Gasteiger partial charge in [0, 0.05) is 61.0 Å². The van der Waals surface area contributed by atoms with Crippen LogP contribution in [-0.4, -0.2) is 21.4 Å². The number of halogens is 15. The summed E-state index contributed by atoms with van der Waals surface area (Å²) in [6.45, 7) is 0. The predicted octanol–water partition coefficient (Wildman–Crippen LogP) is 14.1. The molecule has 0 saturated heterocycles. The first-order chi connectivity index (χ1) is 32.0. The van der Waals surface area contributed by atoms with Gasteiger partial charge < -0.3 is 9.97 Å². The molecule has 0 radical (unpaired) electrons. The lowest BCUT2D eigenvalue weighted by Crippen LogP contribution is -2.15. The van der Waals surface area contributed by atoms with Gasteiger partial charge in [-0.1, -0.05) is 0 Å². The van der Waals surface area contributed by atoms with Gasteiger partial charge in [0.15, 0.2) is 69.8 Å². The molecule has 11 rings (SSSR count). The second-order valence-electron chi connectivity index (χ2n) is 14.9. The van der Waals surface area contributed by atoms with E-state index < -0.39 is 155 Å². The molecule has 0 spiro atoms. The van der Waals surface area contributed by atoms with Gasteiger partial charge in [0.05, 0.1) is 59.0 Å². The van der Waals surface area contributed by atoms with Gasteiger partial charge in [-0.3, -0.25) is 0 Å². The van der Waals surface area contributed by atoms with E-state index >= 15 is 35.1 Å². The normalized spacial score (nSPS) is 17.9. The van der Waals surface area contributed by atoms with E-state index in [0.29, 0.717) is 29.9 Å². The Morgan fingerprint density at radius 3 is 1.12 bits per heavy atom. The number of hydrogen-bond donors (Lipinski definition) is 2. The van der Waals surface area contributed by atoms with Gasteiger partial charge in [0.2, 0.25) is 17.5 Å². The van der Waals surface area contributed by atoms with Crippen molar-refractivity contribution in [3.63, 3.8) is 0 Å². The Morgan fingerprint density at radius 2 is 0.746 bits per heavy atom. The Morgan fingerprint density at radius 1 is 0.403 bits per heavy atom. The van der Waals surface area contributed by atoms with Crippen LogP contribution in [0.2, 0.25) is 0 Å². The first kappa shape index (κ1) is 42.7. The minimum atomic E-state index is -2.59. The highest BCUT2D eigenvalue weighted by molar-refractivity contribution is 7.32. The maximum atomic E-state index is 16.0. The molecule has 0 saturated carbocycles. The first-order valence-corrected chi connectivity index (χ1v) is 21.4. The number of hydrogen-bond acceptors (Lipinski definition) is 5. The lowest BCUT2D eigenvalue weighted by Gasteiger charge is -2.19. The lowest BCUT2D eigenvalue weighted by atomic mass is 9.91. The summed E-state index contributed by atoms with van der Waals surface area (Å²) >= 11 is 3.58. The molecule has 0 unspecified atom stereocenters. The largest absolute Gasteiger partial charge is 0.357 e. The molecule has 3 aromatic carbocycles. The van der Waals surface area contributed by atoms with E-state index in [1.807, 2.05) is 0 Å². The Hall–Kier alpha value is -6.91. The van der Waals surface area contributed by atoms with E-state index in [1.165, 1.54) is 58.3 Å². The molecular weight excluding hydrogens is 978 g/mol. The lowest BCUT2D eigenvalue weighted by molar-refractivity contribution is 0.368. The highest BCUT2D eigenvalue weighted by Gasteiger charge is 2.38. The van der Waals surface area contributed by atoms with Crippen LogP contribution < -0.4 is 0 Å². The molecule has 5 aromatic heterocycles. The van der Waals surface area contributed by atoms with Gasteiger partial charge in [-0.25, -0.2) is 75.8 Å². The number of rotatable bonds is 3. The van der Waals surface area contributed by atoms with Crippen molar-refractivity contribution in [2.24, 2.45) is 9.98 Å². The third kappa shape index (κ3) is 6.00. The molecule has 4 nitrogen and oxygen atoms in total. The van der Waals surface area contributed by atoms with Gasteiger partial charge in [-0.2, -0.15) is 0 Å². The van der Waals surface area contributed by atoms with E-state index in [9.17, 15) is 30.7 Å². The smallest absolute Gasteiger partial charge is 0.200 e. The van der Waals surface area contributed by atoms with Gasteiger partial charge in [-0.05, 0) is 48.6 Å². The third-order valence-electron chi connectivity index (χ3n) is 11.3. The van der Waals surface area contributed by atoms with E-state index in [-0.39, 0.29) is 11.4 Å². The van der Waals surface area contributed by atoms with Gasteiger partial charge >= 0.3 is 0 Å². The second-order valence-corrected chi connectivity index (χ2v) is 17.6. The number of aromatic amines is 2. The summed E-state index contributed by atoms with van der Waals surface area (Å²) in [4.78, 5) is 15.1. The van der Waals surface area contributed by atoms with E-state index in [4.69, 9.17) is 0 Å². The minimum absolute atomic E-state index is 0.139. The molecule has 0 amide bonds. The standard InChI is InChI=1S/C45H13F15N4S3/c46-27-24(28(47)34(53)39(58)33(27)52)21-13-1-3-15(61-13)22(25-29(48)35(54)40(59)36(55)30(25)49)17-5-7-19(63-17)44-42-11(9-65-44)12-10-66-45(43(12)67-42)20-8-6-18(64-20)23(16-4-2-14(21)62-16)26-31(50)37(56)41(60)38(57)32(26)51/h1-10,21,61-62H/b22-17+,23-18+. The summed E-state index contributed by atoms with van der Waals surface area (Å²) in [5, 5.41) is 4.89. The highest BCUT2D eigenvalue weighted by atomic mass is 32.1. The molecule has 8 heterocycles. The number of thiophene rings is 3. The molecule has 2 N–H and O–H groups in total. The molecule has 0 atom stereocenters. The Labute approximate surface area is 374 Å². The van der Waals surface area contributed by atoms with Crippen molar-refractivity contribution in [2.45, 2.75) is 5.92 Å². The molecule has 0 aliphatic carbocycles. The fourth-order valence-corrected chi connectivity index (χ4v) is 11.9. The predicted molar refractivity (Wildman–Crippen MR) is 220 cm³/mol. The van der Waals surface area contributed by atoms with Crippen molar-refractivity contribution in [3.05, 3.63) is 207 Å². The van der Waals surface area contributed by atoms with Crippen LogP contribution in [0.15, 0.2) is 80.7 Å². The molecule has 22 heteroatoms. The number of fused-ring (bicyclic) bond motifs is 9. The molecule has 3 aliphatic heterocycles. The van der Waals surface area contributed by atoms with Crippen LogP contribution >= 0.6 is 34.0 Å². The van der Waals surface area contributed by atoms with Gasteiger partial charge in [-0.15, -0.1) is 34.0 Å². The average molecular weight is 991 g/mol. The summed E-state index contributed by atoms with van der Waals surface area (Å²) in [6.07, 6.45) is 5.13. The van der Waals surface area contributed by atoms with Crippen LogP contribution in [0.3, 0.4) is 0 Å². The molecular formula is C45H13F15N4S3. The number of aliphatic imine (C=N–C) groups is 2. The molecule has 3 aliphatic rings. The van der Waals surface area contributed by atoms with Crippen LogP contribution in [0.1, 0.15) is 55.1 Å². The molecule has 10 bridgehead atoms. The SMILES string of the molecule is Fc1c(F)c(F)c(/C2=C3\C=CC(=N3)c3scc4c3sc3c(scc34)C3=N/C(=C(/c4c(F)c(F)c(F)c(F)c4F)c4ccc([nH]4)C(c4c(F)c(F)c(F)c(F)c4F)c4ccc2[nH]4)C=C3)c(F)c1F. The quantitative estimate of drug-likeness (QED) is 0.101. The summed E-state index contributed by atoms with van der Waals surface area (Å²) < 4.78 is 230. The fourth-order valence-electron chi connectivity index (χ4n) is 8.24. The molecule has 336 valence electrons. The van der Waals surface area contributed by atoms with E-state index in [0.717, 1.165) is 24.3 Å². The maximum Gasteiger partial charge on any atom is 0.200 e. The summed E-state index contributed by atoms with van der Waals surface area (Å²) in [7, 11) is 0. The van der Waals surface area contributed by atoms with E-state index in [2.05, 4.69) is 20.0 Å². The summed E-state index contributed by atoms with van der Waals surface area (Å²) in [5.74, 6) is -38.5. The van der Waals surface area contributed by atoms with Crippen molar-refractivity contribution < 1.29 is 65.9 Å². The van der Waals surface area contributed by atoms with Crippen molar-refractivity contribution in [3.8, 4) is 0 Å². The van der Waals surface area contributed by atoms with Gasteiger partial charge in [0.1, 0.15) is 0 Å². The zero-order valence-electron chi connectivity index (χ0n) is 32.1. The number of allylic oxidation sites excluding steroid dienone is 4. The number of H-pyrrole nitrogens is 2. The Balaban J connectivity index is 1.26. The van der Waals surface area contributed by atoms with Crippen LogP contribution in [0.25, 0.3) is 31.3 Å². The molecule has 8 aromatic rings. The van der Waals surface area contributed by atoms with E-state index in [1.54, 1.807) is 10.8 Å². The van der Waals surface area contributed by atoms with Gasteiger partial charge in [0.25, 0.3) is 0 Å². The third-order valence-corrected chi connectivity index (χ3v) is 14.8. The van der Waals surface area contributed by atoms with Crippen LogP contribution in [0, 0.1) is 87.3 Å². The number of nitrogens with zero attached hydrogens (tertiary/aromatic N) is 2. The average Bonchev–Trinajstić information content (AvgIpc) is 4.18. The molecule has 0 fully saturated rings. The number of aromatic nitrogens is 2. The summed E-state index contributed by atoms with van der Waals surface area (Å²) in [5.41, 5.74) is -9.32. The number of nitrogens with one attached hydrogen (secondary N) is 2.